The molecule has 0 aliphatic carbocycles. The Kier molecular flexibility index (Phi) is 3.54. The zero-order valence-corrected chi connectivity index (χ0v) is 11.0. The topological polar surface area (TPSA) is 85.2 Å². The van der Waals surface area contributed by atoms with Gasteiger partial charge in [0.15, 0.2) is 0 Å². The van der Waals surface area contributed by atoms with E-state index in [1.807, 2.05) is 0 Å². The molecule has 1 saturated heterocycles. The molecular weight excluding hydrogens is 232 g/mol. The molecule has 0 saturated carbocycles. The van der Waals surface area contributed by atoms with E-state index in [0.717, 1.165) is 25.9 Å². The van der Waals surface area contributed by atoms with Crippen LogP contribution in [-0.4, -0.2) is 34.2 Å². The van der Waals surface area contributed by atoms with E-state index in [-0.39, 0.29) is 17.4 Å². The maximum Gasteiger partial charge on any atom is 0.280 e. The number of amides is 1. The summed E-state index contributed by atoms with van der Waals surface area (Å²) in [5, 5.41) is 7.00. The molecule has 1 aromatic heterocycles. The fourth-order valence-electron chi connectivity index (χ4n) is 2.63. The molecule has 0 aromatic carbocycles. The van der Waals surface area contributed by atoms with Gasteiger partial charge in [-0.15, -0.1) is 0 Å². The second-order valence-electron chi connectivity index (χ2n) is 5.00. The first-order chi connectivity index (χ1) is 8.62. The van der Waals surface area contributed by atoms with Gasteiger partial charge in [-0.1, -0.05) is 26.7 Å². The van der Waals surface area contributed by atoms with Gasteiger partial charge < -0.3 is 10.6 Å². The number of nitrogens with zero attached hydrogens (tertiary/aromatic N) is 3. The summed E-state index contributed by atoms with van der Waals surface area (Å²) < 4.78 is 4.47. The number of rotatable bonds is 3. The Morgan fingerprint density at radius 1 is 1.33 bits per heavy atom. The van der Waals surface area contributed by atoms with Gasteiger partial charge in [-0.2, -0.15) is 0 Å². The smallest absolute Gasteiger partial charge is 0.280 e. The molecule has 100 valence electrons. The first-order valence-electron chi connectivity index (χ1n) is 6.49. The van der Waals surface area contributed by atoms with E-state index in [1.54, 1.807) is 4.90 Å². The molecule has 18 heavy (non-hydrogen) atoms. The van der Waals surface area contributed by atoms with Crippen molar-refractivity contribution in [2.45, 2.75) is 39.5 Å². The molecular formula is C12H20N4O2. The Labute approximate surface area is 106 Å². The van der Waals surface area contributed by atoms with Crippen LogP contribution >= 0.6 is 0 Å². The number of anilines is 1. The van der Waals surface area contributed by atoms with Gasteiger partial charge in [0.2, 0.25) is 11.5 Å². The molecule has 6 heteroatoms. The lowest BCUT2D eigenvalue weighted by atomic mass is 9.74. The Balaban J connectivity index is 2.02. The van der Waals surface area contributed by atoms with E-state index in [9.17, 15) is 4.79 Å². The first-order valence-corrected chi connectivity index (χ1v) is 6.49. The lowest BCUT2D eigenvalue weighted by molar-refractivity contribution is 0.0548. The van der Waals surface area contributed by atoms with Crippen molar-refractivity contribution in [3.8, 4) is 0 Å². The van der Waals surface area contributed by atoms with Crippen LogP contribution in [0.5, 0.6) is 0 Å². The predicted molar refractivity (Wildman–Crippen MR) is 66.9 cm³/mol. The molecule has 2 rings (SSSR count). The van der Waals surface area contributed by atoms with Crippen molar-refractivity contribution in [1.29, 1.82) is 0 Å². The summed E-state index contributed by atoms with van der Waals surface area (Å²) >= 11 is 0. The van der Waals surface area contributed by atoms with Crippen molar-refractivity contribution in [2.24, 2.45) is 5.41 Å². The van der Waals surface area contributed by atoms with E-state index in [2.05, 4.69) is 28.8 Å². The Morgan fingerprint density at radius 3 is 2.39 bits per heavy atom. The zero-order valence-electron chi connectivity index (χ0n) is 11.0. The fraction of sp³-hybridized carbons (Fsp3) is 0.750. The molecule has 1 aromatic rings. The van der Waals surface area contributed by atoms with Crippen LogP contribution in [0.3, 0.4) is 0 Å². The maximum absolute atomic E-state index is 12.2. The van der Waals surface area contributed by atoms with Crippen molar-refractivity contribution in [1.82, 2.24) is 15.2 Å². The highest BCUT2D eigenvalue weighted by molar-refractivity contribution is 5.96. The van der Waals surface area contributed by atoms with Crippen molar-refractivity contribution in [3.63, 3.8) is 0 Å². The number of carbonyl (C=O) groups excluding carboxylic acids is 1. The summed E-state index contributed by atoms with van der Waals surface area (Å²) in [4.78, 5) is 13.9. The zero-order chi connectivity index (χ0) is 13.2. The third kappa shape index (κ3) is 2.19. The first kappa shape index (κ1) is 12.9. The van der Waals surface area contributed by atoms with Gasteiger partial charge in [0, 0.05) is 13.1 Å². The number of nitrogens with two attached hydrogens (primary N) is 1. The quantitative estimate of drug-likeness (QED) is 0.884. The highest BCUT2D eigenvalue weighted by Crippen LogP contribution is 2.38. The number of piperidine rings is 1. The van der Waals surface area contributed by atoms with E-state index in [0.29, 0.717) is 5.41 Å². The summed E-state index contributed by atoms with van der Waals surface area (Å²) in [7, 11) is 0. The number of likely N-dealkylation sites (tertiary alicyclic amines) is 1. The van der Waals surface area contributed by atoms with Crippen molar-refractivity contribution < 1.29 is 9.42 Å². The highest BCUT2D eigenvalue weighted by Gasteiger charge is 2.34. The fourth-order valence-corrected chi connectivity index (χ4v) is 2.63. The standard InChI is InChI=1S/C12H20N4O2/c1-3-12(4-2)5-7-16(8-6-12)11(17)9-10(13)15-18-14-9/h3-8H2,1-2H3,(H2,13,15). The minimum absolute atomic E-state index is 0.0721. The molecule has 0 bridgehead atoms. The molecule has 1 amide bonds. The largest absolute Gasteiger partial charge is 0.379 e. The third-order valence-corrected chi connectivity index (χ3v) is 4.33. The van der Waals surface area contributed by atoms with Gasteiger partial charge in [-0.3, -0.25) is 4.79 Å². The monoisotopic (exact) mass is 252 g/mol. The van der Waals surface area contributed by atoms with Crippen molar-refractivity contribution in [3.05, 3.63) is 5.69 Å². The van der Waals surface area contributed by atoms with Gasteiger partial charge in [0.25, 0.3) is 5.91 Å². The number of nitrogen functional groups attached to an aromatic ring is 1. The highest BCUT2D eigenvalue weighted by atomic mass is 16.6. The van der Waals surface area contributed by atoms with Gasteiger partial charge >= 0.3 is 0 Å². The SMILES string of the molecule is CCC1(CC)CCN(C(=O)c2nonc2N)CC1. The van der Waals surface area contributed by atoms with Crippen molar-refractivity contribution in [2.75, 3.05) is 18.8 Å². The molecule has 0 atom stereocenters. The Morgan fingerprint density at radius 2 is 1.94 bits per heavy atom. The Bertz CT molecular complexity index is 415. The molecule has 6 nitrogen and oxygen atoms in total. The van der Waals surface area contributed by atoms with E-state index >= 15 is 0 Å². The van der Waals surface area contributed by atoms with Crippen LogP contribution in [0.4, 0.5) is 5.82 Å². The van der Waals surface area contributed by atoms with Crippen LogP contribution in [0.2, 0.25) is 0 Å². The van der Waals surface area contributed by atoms with E-state index in [1.165, 1.54) is 12.8 Å². The summed E-state index contributed by atoms with van der Waals surface area (Å²) in [6, 6.07) is 0. The van der Waals surface area contributed by atoms with Crippen LogP contribution in [0.15, 0.2) is 4.63 Å². The van der Waals surface area contributed by atoms with Crippen LogP contribution in [0, 0.1) is 5.41 Å². The third-order valence-electron chi connectivity index (χ3n) is 4.33. The van der Waals surface area contributed by atoms with Crippen LogP contribution in [-0.2, 0) is 0 Å². The normalized spacial score (nSPS) is 18.9. The number of hydrogen-bond donors (Lipinski definition) is 1. The summed E-state index contributed by atoms with van der Waals surface area (Å²) in [6.07, 6.45) is 4.41. The second-order valence-corrected chi connectivity index (χ2v) is 5.00. The summed E-state index contributed by atoms with van der Waals surface area (Å²) in [6.45, 7) is 5.96. The average molecular weight is 252 g/mol. The Hall–Kier alpha value is -1.59. The van der Waals surface area contributed by atoms with Gasteiger partial charge in [0.1, 0.15) is 0 Å². The van der Waals surface area contributed by atoms with E-state index < -0.39 is 0 Å². The van der Waals surface area contributed by atoms with Crippen molar-refractivity contribution >= 4 is 11.7 Å². The van der Waals surface area contributed by atoms with E-state index in [4.69, 9.17) is 5.73 Å². The number of aromatic nitrogens is 2. The molecule has 1 fully saturated rings. The minimum atomic E-state index is -0.172. The predicted octanol–water partition coefficient (Wildman–Crippen LogP) is 1.69. The lowest BCUT2D eigenvalue weighted by Gasteiger charge is -2.40. The minimum Gasteiger partial charge on any atom is -0.379 e. The average Bonchev–Trinajstić information content (AvgIpc) is 2.84. The maximum atomic E-state index is 12.2. The molecule has 0 spiro atoms. The molecule has 0 unspecified atom stereocenters. The summed E-state index contributed by atoms with van der Waals surface area (Å²) in [5.74, 6) is -0.0997. The lowest BCUT2D eigenvalue weighted by Crippen LogP contribution is -2.43. The second kappa shape index (κ2) is 4.96. The van der Waals surface area contributed by atoms with Crippen LogP contribution in [0.1, 0.15) is 50.0 Å². The van der Waals surface area contributed by atoms with Crippen LogP contribution in [0.25, 0.3) is 0 Å². The molecule has 0 radical (unpaired) electrons. The van der Waals surface area contributed by atoms with Gasteiger partial charge in [-0.05, 0) is 28.6 Å². The molecule has 1 aliphatic heterocycles. The molecule has 1 aliphatic rings. The van der Waals surface area contributed by atoms with Gasteiger partial charge in [-0.25, -0.2) is 4.63 Å². The molecule has 2 heterocycles. The number of hydrogen-bond acceptors (Lipinski definition) is 5. The number of carbonyl (C=O) groups is 1. The van der Waals surface area contributed by atoms with Crippen LogP contribution < -0.4 is 5.73 Å². The summed E-state index contributed by atoms with van der Waals surface area (Å²) in [5.41, 5.74) is 6.07. The van der Waals surface area contributed by atoms with Gasteiger partial charge in [0.05, 0.1) is 0 Å². The molecule has 2 N–H and O–H groups in total.